The lowest BCUT2D eigenvalue weighted by atomic mass is 10.0. The Morgan fingerprint density at radius 3 is 2.09 bits per heavy atom. The van der Waals surface area contributed by atoms with Gasteiger partial charge in [0.25, 0.3) is 11.8 Å². The zero-order valence-corrected chi connectivity index (χ0v) is 12.4. The number of phenolic OH excluding ortho intramolecular Hbond substituents is 1. The second-order valence-corrected chi connectivity index (χ2v) is 5.59. The zero-order chi connectivity index (χ0) is 16.1. The number of carbonyl (C=O) groups is 2. The van der Waals surface area contributed by atoms with Crippen LogP contribution in [0.2, 0.25) is 0 Å². The van der Waals surface area contributed by atoms with Crippen molar-refractivity contribution in [1.29, 1.82) is 0 Å². The maximum absolute atomic E-state index is 12.6. The van der Waals surface area contributed by atoms with Crippen molar-refractivity contribution in [3.8, 4) is 5.75 Å². The first-order valence-electron chi connectivity index (χ1n) is 7.28. The number of anilines is 1. The highest BCUT2D eigenvalue weighted by Gasteiger charge is 2.37. The van der Waals surface area contributed by atoms with Crippen LogP contribution in [0.3, 0.4) is 0 Å². The highest BCUT2D eigenvalue weighted by Crippen LogP contribution is 2.37. The predicted octanol–water partition coefficient (Wildman–Crippen LogP) is 3.65. The van der Waals surface area contributed by atoms with E-state index < -0.39 is 0 Å². The van der Waals surface area contributed by atoms with Gasteiger partial charge in [0.15, 0.2) is 0 Å². The van der Waals surface area contributed by atoms with Gasteiger partial charge in [-0.2, -0.15) is 0 Å². The number of hydrogen-bond acceptors (Lipinski definition) is 3. The van der Waals surface area contributed by atoms with E-state index in [2.05, 4.69) is 0 Å². The number of amides is 2. The number of carbonyl (C=O) groups excluding carboxylic acids is 2. The van der Waals surface area contributed by atoms with Crippen molar-refractivity contribution in [2.45, 2.75) is 6.92 Å². The SMILES string of the molecule is Cc1ccc2c(N3C(=O)c4ccccc4C3=O)cccc2c1O. The van der Waals surface area contributed by atoms with Gasteiger partial charge >= 0.3 is 0 Å². The highest BCUT2D eigenvalue weighted by atomic mass is 16.3. The van der Waals surface area contributed by atoms with E-state index in [9.17, 15) is 14.7 Å². The Morgan fingerprint density at radius 1 is 0.783 bits per heavy atom. The molecule has 3 aromatic rings. The molecule has 0 aliphatic carbocycles. The maximum atomic E-state index is 12.6. The molecular formula is C19H13NO3. The molecule has 0 bridgehead atoms. The van der Waals surface area contributed by atoms with Gasteiger partial charge in [-0.25, -0.2) is 4.90 Å². The summed E-state index contributed by atoms with van der Waals surface area (Å²) in [5.41, 5.74) is 2.05. The lowest BCUT2D eigenvalue weighted by Crippen LogP contribution is -2.29. The third-order valence-electron chi connectivity index (χ3n) is 4.25. The molecule has 2 amide bonds. The van der Waals surface area contributed by atoms with Gasteiger partial charge in [-0.1, -0.05) is 36.4 Å². The molecule has 0 atom stereocenters. The van der Waals surface area contributed by atoms with Gasteiger partial charge in [0.2, 0.25) is 0 Å². The van der Waals surface area contributed by atoms with Crippen LogP contribution in [0.1, 0.15) is 26.3 Å². The van der Waals surface area contributed by atoms with Crippen molar-refractivity contribution in [3.63, 3.8) is 0 Å². The third-order valence-corrected chi connectivity index (χ3v) is 4.25. The van der Waals surface area contributed by atoms with Crippen LogP contribution in [0.15, 0.2) is 54.6 Å². The minimum atomic E-state index is -0.335. The van der Waals surface area contributed by atoms with Gasteiger partial charge in [0.05, 0.1) is 16.8 Å². The summed E-state index contributed by atoms with van der Waals surface area (Å²) in [6.45, 7) is 1.81. The van der Waals surface area contributed by atoms with E-state index in [0.29, 0.717) is 27.6 Å². The molecule has 1 aliphatic heterocycles. The number of rotatable bonds is 1. The number of aromatic hydroxyl groups is 1. The summed E-state index contributed by atoms with van der Waals surface area (Å²) in [7, 11) is 0. The van der Waals surface area contributed by atoms with E-state index in [-0.39, 0.29) is 17.6 Å². The van der Waals surface area contributed by atoms with Crippen LogP contribution in [-0.4, -0.2) is 16.9 Å². The fourth-order valence-corrected chi connectivity index (χ4v) is 3.04. The minimum absolute atomic E-state index is 0.168. The Hall–Kier alpha value is -3.14. The van der Waals surface area contributed by atoms with Crippen molar-refractivity contribution >= 4 is 28.3 Å². The number of nitrogens with zero attached hydrogens (tertiary/aromatic N) is 1. The lowest BCUT2D eigenvalue weighted by Gasteiger charge is -2.17. The van der Waals surface area contributed by atoms with Crippen LogP contribution in [0, 0.1) is 6.92 Å². The summed E-state index contributed by atoms with van der Waals surface area (Å²) < 4.78 is 0. The minimum Gasteiger partial charge on any atom is -0.507 e. The molecule has 4 nitrogen and oxygen atoms in total. The Bertz CT molecular complexity index is 956. The van der Waals surface area contributed by atoms with E-state index in [1.54, 1.807) is 48.5 Å². The quantitative estimate of drug-likeness (QED) is 0.698. The zero-order valence-electron chi connectivity index (χ0n) is 12.4. The molecule has 4 rings (SSSR count). The largest absolute Gasteiger partial charge is 0.507 e. The van der Waals surface area contributed by atoms with Gasteiger partial charge in [0, 0.05) is 10.8 Å². The summed E-state index contributed by atoms with van der Waals surface area (Å²) in [5.74, 6) is -0.503. The van der Waals surface area contributed by atoms with Crippen LogP contribution in [0.25, 0.3) is 10.8 Å². The Kier molecular flexibility index (Phi) is 2.75. The van der Waals surface area contributed by atoms with Crippen LogP contribution in [0.5, 0.6) is 5.75 Å². The summed E-state index contributed by atoms with van der Waals surface area (Å²) in [6, 6.07) is 15.6. The molecule has 0 fully saturated rings. The van der Waals surface area contributed by atoms with E-state index in [1.807, 2.05) is 13.0 Å². The fourth-order valence-electron chi connectivity index (χ4n) is 3.04. The second kappa shape index (κ2) is 4.68. The number of aryl methyl sites for hydroxylation is 1. The molecule has 0 saturated heterocycles. The van der Waals surface area contributed by atoms with Crippen molar-refractivity contribution in [2.24, 2.45) is 0 Å². The molecule has 4 heteroatoms. The van der Waals surface area contributed by atoms with Crippen molar-refractivity contribution in [2.75, 3.05) is 4.90 Å². The predicted molar refractivity (Wildman–Crippen MR) is 87.9 cm³/mol. The van der Waals surface area contributed by atoms with Gasteiger partial charge in [-0.05, 0) is 30.7 Å². The van der Waals surface area contributed by atoms with Crippen LogP contribution in [-0.2, 0) is 0 Å². The summed E-state index contributed by atoms with van der Waals surface area (Å²) in [4.78, 5) is 26.5. The van der Waals surface area contributed by atoms with E-state index >= 15 is 0 Å². The van der Waals surface area contributed by atoms with E-state index in [1.165, 1.54) is 4.90 Å². The molecule has 1 N–H and O–H groups in total. The number of benzene rings is 3. The van der Waals surface area contributed by atoms with Gasteiger partial charge < -0.3 is 5.11 Å². The molecular weight excluding hydrogens is 290 g/mol. The van der Waals surface area contributed by atoms with Crippen LogP contribution >= 0.6 is 0 Å². The molecule has 3 aromatic carbocycles. The fraction of sp³-hybridized carbons (Fsp3) is 0.0526. The van der Waals surface area contributed by atoms with Gasteiger partial charge in [-0.3, -0.25) is 9.59 Å². The van der Waals surface area contributed by atoms with Gasteiger partial charge in [0.1, 0.15) is 5.75 Å². The molecule has 0 spiro atoms. The molecule has 23 heavy (non-hydrogen) atoms. The standard InChI is InChI=1S/C19H13NO3/c1-11-9-10-12-13(17(11)21)7-4-8-16(12)20-18(22)14-5-2-3-6-15(14)19(20)23/h2-10,21H,1H3. The molecule has 0 saturated carbocycles. The summed E-state index contributed by atoms with van der Waals surface area (Å²) in [6.07, 6.45) is 0. The summed E-state index contributed by atoms with van der Waals surface area (Å²) >= 11 is 0. The first-order valence-corrected chi connectivity index (χ1v) is 7.28. The van der Waals surface area contributed by atoms with Crippen molar-refractivity contribution < 1.29 is 14.7 Å². The molecule has 1 heterocycles. The monoisotopic (exact) mass is 303 g/mol. The van der Waals surface area contributed by atoms with Crippen LogP contribution < -0.4 is 4.90 Å². The first kappa shape index (κ1) is 13.5. The molecule has 0 radical (unpaired) electrons. The Morgan fingerprint density at radius 2 is 1.43 bits per heavy atom. The smallest absolute Gasteiger partial charge is 0.266 e. The number of fused-ring (bicyclic) bond motifs is 2. The molecule has 112 valence electrons. The lowest BCUT2D eigenvalue weighted by molar-refractivity contribution is 0.0926. The number of imide groups is 1. The first-order chi connectivity index (χ1) is 11.1. The number of phenols is 1. The number of hydrogen-bond donors (Lipinski definition) is 1. The third kappa shape index (κ3) is 1.78. The summed E-state index contributed by atoms with van der Waals surface area (Å²) in [5, 5.41) is 11.5. The molecule has 1 aliphatic rings. The second-order valence-electron chi connectivity index (χ2n) is 5.59. The van der Waals surface area contributed by atoms with E-state index in [4.69, 9.17) is 0 Å². The van der Waals surface area contributed by atoms with Crippen molar-refractivity contribution in [1.82, 2.24) is 0 Å². The van der Waals surface area contributed by atoms with Crippen molar-refractivity contribution in [3.05, 3.63) is 71.3 Å². The Labute approximate surface area is 132 Å². The highest BCUT2D eigenvalue weighted by molar-refractivity contribution is 6.36. The maximum Gasteiger partial charge on any atom is 0.266 e. The van der Waals surface area contributed by atoms with E-state index in [0.717, 1.165) is 5.56 Å². The van der Waals surface area contributed by atoms with Crippen LogP contribution in [0.4, 0.5) is 5.69 Å². The average molecular weight is 303 g/mol. The normalized spacial score (nSPS) is 13.7. The topological polar surface area (TPSA) is 57.6 Å². The Balaban J connectivity index is 1.97. The molecule has 0 aromatic heterocycles. The van der Waals surface area contributed by atoms with Gasteiger partial charge in [-0.15, -0.1) is 0 Å². The molecule has 0 unspecified atom stereocenters. The average Bonchev–Trinajstić information content (AvgIpc) is 2.82.